The summed E-state index contributed by atoms with van der Waals surface area (Å²) in [4.78, 5) is 10.9. The van der Waals surface area contributed by atoms with E-state index in [4.69, 9.17) is 15.6 Å². The molecular weight excluding hydrogens is 146 g/mol. The lowest BCUT2D eigenvalue weighted by Gasteiger charge is -2.26. The van der Waals surface area contributed by atoms with E-state index in [0.29, 0.717) is 0 Å². The topological polar surface area (TPSA) is 72.5 Å². The number of hydrogen-bond donors (Lipinski definition) is 2. The Bertz CT molecular complexity index is 145. The van der Waals surface area contributed by atoms with Gasteiger partial charge in [0.15, 0.2) is 0 Å². The fraction of sp³-hybridized carbons (Fsp3) is 0.857. The van der Waals surface area contributed by atoms with Crippen molar-refractivity contribution in [1.29, 1.82) is 0 Å². The molecule has 0 bridgehead atoms. The van der Waals surface area contributed by atoms with Crippen LogP contribution in [0.25, 0.3) is 0 Å². The molecule has 0 spiro atoms. The molecule has 0 aromatic carbocycles. The highest BCUT2D eigenvalue weighted by atomic mass is 16.5. The van der Waals surface area contributed by atoms with E-state index < -0.39 is 12.0 Å². The molecule has 0 radical (unpaired) electrons. The summed E-state index contributed by atoms with van der Waals surface area (Å²) >= 11 is 0. The summed E-state index contributed by atoms with van der Waals surface area (Å²) in [6.07, 6.45) is 3.04. The summed E-state index contributed by atoms with van der Waals surface area (Å²) in [6.45, 7) is -0.342. The lowest BCUT2D eigenvalue weighted by molar-refractivity contribution is -0.155. The van der Waals surface area contributed by atoms with Crippen molar-refractivity contribution in [1.82, 2.24) is 0 Å². The van der Waals surface area contributed by atoms with Crippen LogP contribution >= 0.6 is 0 Å². The largest absolute Gasteiger partial charge is 0.461 e. The van der Waals surface area contributed by atoms with Crippen LogP contribution in [0, 0.1) is 0 Å². The summed E-state index contributed by atoms with van der Waals surface area (Å²) in [6, 6.07) is -0.865. The fourth-order valence-corrected chi connectivity index (χ4v) is 0.815. The van der Waals surface area contributed by atoms with Crippen molar-refractivity contribution in [3.8, 4) is 0 Å². The second-order valence-electron chi connectivity index (χ2n) is 2.78. The number of ether oxygens (including phenoxy) is 1. The highest BCUT2D eigenvalue weighted by molar-refractivity contribution is 5.75. The molecule has 0 heterocycles. The molecular formula is C7H13NO3. The van der Waals surface area contributed by atoms with Gasteiger partial charge in [-0.15, -0.1) is 0 Å². The van der Waals surface area contributed by atoms with Gasteiger partial charge in [-0.05, 0) is 19.3 Å². The molecule has 0 aliphatic heterocycles. The van der Waals surface area contributed by atoms with Crippen molar-refractivity contribution in [2.75, 3.05) is 6.61 Å². The average Bonchev–Trinajstić information content (AvgIpc) is 1.94. The van der Waals surface area contributed by atoms with Crippen LogP contribution in [-0.4, -0.2) is 29.8 Å². The number of rotatable bonds is 3. The first-order chi connectivity index (χ1) is 5.24. The Hall–Kier alpha value is -0.610. The van der Waals surface area contributed by atoms with Gasteiger partial charge >= 0.3 is 5.97 Å². The van der Waals surface area contributed by atoms with Gasteiger partial charge in [-0.3, -0.25) is 4.79 Å². The molecule has 0 unspecified atom stereocenters. The highest BCUT2D eigenvalue weighted by Crippen LogP contribution is 2.21. The third-order valence-corrected chi connectivity index (χ3v) is 1.83. The second-order valence-corrected chi connectivity index (χ2v) is 2.78. The molecule has 1 fully saturated rings. The third-order valence-electron chi connectivity index (χ3n) is 1.83. The Morgan fingerprint density at radius 3 is 2.73 bits per heavy atom. The Kier molecular flexibility index (Phi) is 2.84. The number of carbonyl (C=O) groups excluding carboxylic acids is 1. The van der Waals surface area contributed by atoms with Gasteiger partial charge in [0.05, 0.1) is 6.61 Å². The van der Waals surface area contributed by atoms with Crippen LogP contribution in [0.2, 0.25) is 0 Å². The van der Waals surface area contributed by atoms with E-state index >= 15 is 0 Å². The summed E-state index contributed by atoms with van der Waals surface area (Å²) in [5.41, 5.74) is 5.22. The Morgan fingerprint density at radius 1 is 1.73 bits per heavy atom. The van der Waals surface area contributed by atoms with Crippen LogP contribution in [0.5, 0.6) is 0 Å². The molecule has 1 aliphatic rings. The van der Waals surface area contributed by atoms with Gasteiger partial charge in [0.25, 0.3) is 0 Å². The average molecular weight is 159 g/mol. The normalized spacial score (nSPS) is 20.5. The van der Waals surface area contributed by atoms with Gasteiger partial charge in [0.2, 0.25) is 0 Å². The fourth-order valence-electron chi connectivity index (χ4n) is 0.815. The quantitative estimate of drug-likeness (QED) is 0.539. The first-order valence-corrected chi connectivity index (χ1v) is 3.81. The third kappa shape index (κ3) is 2.17. The van der Waals surface area contributed by atoms with Crippen molar-refractivity contribution in [2.45, 2.75) is 31.4 Å². The molecule has 11 heavy (non-hydrogen) atoms. The van der Waals surface area contributed by atoms with Crippen molar-refractivity contribution >= 4 is 5.97 Å². The number of esters is 1. The number of nitrogens with two attached hydrogens (primary N) is 1. The first-order valence-electron chi connectivity index (χ1n) is 3.81. The summed E-state index contributed by atoms with van der Waals surface area (Å²) in [5, 5.41) is 8.48. The predicted molar refractivity (Wildman–Crippen MR) is 38.8 cm³/mol. The van der Waals surface area contributed by atoms with Gasteiger partial charge < -0.3 is 15.6 Å². The highest BCUT2D eigenvalue weighted by Gasteiger charge is 2.24. The molecule has 1 atom stereocenters. The maximum atomic E-state index is 10.9. The van der Waals surface area contributed by atoms with Crippen LogP contribution in [0.15, 0.2) is 0 Å². The first kappa shape index (κ1) is 8.49. The molecule has 4 heteroatoms. The van der Waals surface area contributed by atoms with E-state index in [9.17, 15) is 4.79 Å². The summed E-state index contributed by atoms with van der Waals surface area (Å²) in [7, 11) is 0. The number of aliphatic hydroxyl groups is 1. The smallest absolute Gasteiger partial charge is 0.325 e. The standard InChI is InChI=1S/C7H13NO3/c8-6(4-9)7(10)11-5-2-1-3-5/h5-6,9H,1-4,8H2/t6-/m1/s1. The minimum atomic E-state index is -0.865. The SMILES string of the molecule is N[C@H](CO)C(=O)OC1CCC1. The van der Waals surface area contributed by atoms with Crippen LogP contribution in [0.3, 0.4) is 0 Å². The predicted octanol–water partition coefficient (Wildman–Crippen LogP) is -0.598. The van der Waals surface area contributed by atoms with E-state index in [1.165, 1.54) is 0 Å². The molecule has 0 amide bonds. The molecule has 3 N–H and O–H groups in total. The van der Waals surface area contributed by atoms with Gasteiger partial charge in [-0.1, -0.05) is 0 Å². The van der Waals surface area contributed by atoms with Crippen molar-refractivity contribution in [3.05, 3.63) is 0 Å². The molecule has 1 aliphatic carbocycles. The molecule has 0 aromatic rings. The Labute approximate surface area is 65.3 Å². The zero-order valence-corrected chi connectivity index (χ0v) is 6.32. The van der Waals surface area contributed by atoms with Crippen LogP contribution in [0.1, 0.15) is 19.3 Å². The van der Waals surface area contributed by atoms with Crippen LogP contribution in [-0.2, 0) is 9.53 Å². The van der Waals surface area contributed by atoms with E-state index in [0.717, 1.165) is 19.3 Å². The van der Waals surface area contributed by atoms with E-state index in [2.05, 4.69) is 0 Å². The van der Waals surface area contributed by atoms with Gasteiger partial charge in [-0.2, -0.15) is 0 Å². The summed E-state index contributed by atoms with van der Waals surface area (Å²) < 4.78 is 4.92. The van der Waals surface area contributed by atoms with E-state index in [1.54, 1.807) is 0 Å². The zero-order valence-electron chi connectivity index (χ0n) is 6.32. The molecule has 1 rings (SSSR count). The molecule has 4 nitrogen and oxygen atoms in total. The van der Waals surface area contributed by atoms with Crippen molar-refractivity contribution in [3.63, 3.8) is 0 Å². The lowest BCUT2D eigenvalue weighted by Crippen LogP contribution is -2.39. The summed E-state index contributed by atoms with van der Waals surface area (Å²) in [5.74, 6) is -0.489. The minimum absolute atomic E-state index is 0.0556. The van der Waals surface area contributed by atoms with Crippen molar-refractivity contribution < 1.29 is 14.6 Å². The number of carbonyl (C=O) groups is 1. The maximum absolute atomic E-state index is 10.9. The lowest BCUT2D eigenvalue weighted by atomic mass is 9.96. The van der Waals surface area contributed by atoms with Crippen LogP contribution < -0.4 is 5.73 Å². The molecule has 0 saturated heterocycles. The maximum Gasteiger partial charge on any atom is 0.325 e. The Morgan fingerprint density at radius 2 is 2.36 bits per heavy atom. The minimum Gasteiger partial charge on any atom is -0.461 e. The second kappa shape index (κ2) is 3.69. The van der Waals surface area contributed by atoms with Crippen molar-refractivity contribution in [2.24, 2.45) is 5.73 Å². The monoisotopic (exact) mass is 159 g/mol. The number of hydrogen-bond acceptors (Lipinski definition) is 4. The van der Waals surface area contributed by atoms with E-state index in [-0.39, 0.29) is 12.7 Å². The van der Waals surface area contributed by atoms with Crippen LogP contribution in [0.4, 0.5) is 0 Å². The van der Waals surface area contributed by atoms with E-state index in [1.807, 2.05) is 0 Å². The number of aliphatic hydroxyl groups excluding tert-OH is 1. The van der Waals surface area contributed by atoms with Gasteiger partial charge in [0, 0.05) is 0 Å². The molecule has 0 aromatic heterocycles. The Balaban J connectivity index is 2.19. The molecule has 64 valence electrons. The molecule has 1 saturated carbocycles. The van der Waals surface area contributed by atoms with Gasteiger partial charge in [-0.25, -0.2) is 0 Å². The van der Waals surface area contributed by atoms with Gasteiger partial charge in [0.1, 0.15) is 12.1 Å². The zero-order chi connectivity index (χ0) is 8.27.